The highest BCUT2D eigenvalue weighted by molar-refractivity contribution is 6.09. The highest BCUT2D eigenvalue weighted by Gasteiger charge is 2.52. The zero-order valence-corrected chi connectivity index (χ0v) is 17.6. The Labute approximate surface area is 181 Å². The van der Waals surface area contributed by atoms with Crippen molar-refractivity contribution in [1.82, 2.24) is 20.9 Å². The Morgan fingerprint density at radius 2 is 1.65 bits per heavy atom. The molecule has 2 aromatic carbocycles. The van der Waals surface area contributed by atoms with Crippen LogP contribution in [0.15, 0.2) is 60.7 Å². The van der Waals surface area contributed by atoms with Gasteiger partial charge in [-0.1, -0.05) is 60.7 Å². The van der Waals surface area contributed by atoms with Crippen LogP contribution in [0.2, 0.25) is 0 Å². The lowest BCUT2D eigenvalue weighted by Crippen LogP contribution is -2.49. The van der Waals surface area contributed by atoms with E-state index in [9.17, 15) is 19.2 Å². The molecule has 3 rings (SSSR count). The first-order chi connectivity index (χ1) is 14.9. The van der Waals surface area contributed by atoms with Crippen molar-refractivity contribution in [1.29, 1.82) is 0 Å². The molecular weight excluding hydrogens is 396 g/mol. The van der Waals surface area contributed by atoms with E-state index < -0.39 is 36.0 Å². The van der Waals surface area contributed by atoms with E-state index in [4.69, 9.17) is 0 Å². The topological polar surface area (TPSA) is 108 Å². The van der Waals surface area contributed by atoms with Gasteiger partial charge in [-0.25, -0.2) is 4.79 Å². The van der Waals surface area contributed by atoms with Crippen molar-refractivity contribution in [3.8, 4) is 0 Å². The Morgan fingerprint density at radius 3 is 2.26 bits per heavy atom. The van der Waals surface area contributed by atoms with Crippen molar-refractivity contribution >= 4 is 23.8 Å². The summed E-state index contributed by atoms with van der Waals surface area (Å²) in [7, 11) is 0. The van der Waals surface area contributed by atoms with Crippen LogP contribution in [0, 0.1) is 0 Å². The average Bonchev–Trinajstić information content (AvgIpc) is 3.00. The maximum absolute atomic E-state index is 13.5. The largest absolute Gasteiger partial charge is 0.355 e. The number of carbonyl (C=O) groups is 4. The number of likely N-dealkylation sites (N-methyl/N-ethyl adjacent to an activating group) is 1. The first-order valence-electron chi connectivity index (χ1n) is 10.2. The third-order valence-electron chi connectivity index (χ3n) is 5.18. The third kappa shape index (κ3) is 4.74. The number of nitrogens with zero attached hydrogens (tertiary/aromatic N) is 1. The molecule has 8 heteroatoms. The van der Waals surface area contributed by atoms with Crippen LogP contribution in [-0.4, -0.2) is 47.8 Å². The summed E-state index contributed by atoms with van der Waals surface area (Å²) in [5, 5.41) is 7.95. The summed E-state index contributed by atoms with van der Waals surface area (Å²) in [4.78, 5) is 51.4. The Balaban J connectivity index is 1.83. The van der Waals surface area contributed by atoms with Gasteiger partial charge in [0.1, 0.15) is 12.6 Å². The van der Waals surface area contributed by atoms with Gasteiger partial charge in [0.15, 0.2) is 5.54 Å². The number of imide groups is 1. The van der Waals surface area contributed by atoms with Crippen molar-refractivity contribution in [2.75, 3.05) is 13.1 Å². The Morgan fingerprint density at radius 1 is 1.03 bits per heavy atom. The van der Waals surface area contributed by atoms with Crippen molar-refractivity contribution in [3.05, 3.63) is 71.8 Å². The fourth-order valence-electron chi connectivity index (χ4n) is 3.64. The van der Waals surface area contributed by atoms with Crippen molar-refractivity contribution in [2.24, 2.45) is 0 Å². The van der Waals surface area contributed by atoms with Crippen molar-refractivity contribution in [2.45, 2.75) is 31.8 Å². The minimum atomic E-state index is -1.31. The van der Waals surface area contributed by atoms with Gasteiger partial charge in [0.05, 0.1) is 0 Å². The van der Waals surface area contributed by atoms with Gasteiger partial charge in [0.25, 0.3) is 5.91 Å². The molecule has 2 aromatic rings. The third-order valence-corrected chi connectivity index (χ3v) is 5.18. The molecule has 31 heavy (non-hydrogen) atoms. The molecule has 1 aliphatic rings. The second-order valence-corrected chi connectivity index (χ2v) is 7.44. The molecule has 0 radical (unpaired) electrons. The lowest BCUT2D eigenvalue weighted by molar-refractivity contribution is -0.136. The van der Waals surface area contributed by atoms with E-state index in [2.05, 4.69) is 16.0 Å². The lowest BCUT2D eigenvalue weighted by Gasteiger charge is -2.27. The van der Waals surface area contributed by atoms with Gasteiger partial charge in [-0.3, -0.25) is 19.3 Å². The number of carbonyl (C=O) groups excluding carboxylic acids is 4. The van der Waals surface area contributed by atoms with Crippen LogP contribution in [0.5, 0.6) is 0 Å². The summed E-state index contributed by atoms with van der Waals surface area (Å²) >= 11 is 0. The molecule has 0 saturated carbocycles. The molecule has 162 valence electrons. The number of benzene rings is 2. The van der Waals surface area contributed by atoms with Crippen LogP contribution in [0.3, 0.4) is 0 Å². The maximum atomic E-state index is 13.5. The van der Waals surface area contributed by atoms with Crippen LogP contribution in [0.25, 0.3) is 0 Å². The van der Waals surface area contributed by atoms with Crippen molar-refractivity contribution in [3.63, 3.8) is 0 Å². The molecule has 3 N–H and O–H groups in total. The van der Waals surface area contributed by atoms with Gasteiger partial charge < -0.3 is 16.0 Å². The monoisotopic (exact) mass is 422 g/mol. The Bertz CT molecular complexity index is 964. The molecule has 5 amide bonds. The zero-order chi connectivity index (χ0) is 22.4. The molecule has 0 unspecified atom stereocenters. The second-order valence-electron chi connectivity index (χ2n) is 7.44. The normalized spacial score (nSPS) is 19.0. The fraction of sp³-hybridized carbons (Fsp3) is 0.304. The summed E-state index contributed by atoms with van der Waals surface area (Å²) in [6.07, 6.45) is 0.246. The molecule has 0 spiro atoms. The second kappa shape index (κ2) is 9.42. The molecule has 8 nitrogen and oxygen atoms in total. The van der Waals surface area contributed by atoms with Gasteiger partial charge in [-0.05, 0) is 25.0 Å². The van der Waals surface area contributed by atoms with Crippen molar-refractivity contribution < 1.29 is 19.2 Å². The number of urea groups is 1. The Kier molecular flexibility index (Phi) is 6.69. The predicted molar refractivity (Wildman–Crippen MR) is 115 cm³/mol. The fourth-order valence-corrected chi connectivity index (χ4v) is 3.64. The minimum Gasteiger partial charge on any atom is -0.355 e. The molecule has 1 saturated heterocycles. The number of hydrogen-bond donors (Lipinski definition) is 3. The summed E-state index contributed by atoms with van der Waals surface area (Å²) in [6.45, 7) is 3.27. The number of amides is 5. The molecule has 1 heterocycles. The summed E-state index contributed by atoms with van der Waals surface area (Å²) in [5.74, 6) is -1.44. The standard InChI is InChI=1S/C23H26N4O4/c1-3-24-20(29)16(2)25-19(28)15-27-21(30)23(26-22(27)31,18-12-8-5-9-13-18)14-17-10-6-4-7-11-17/h4-13,16H,3,14-15H2,1-2H3,(H,24,29)(H,25,28)(H,26,31)/t16-,23-/m1/s1. The zero-order valence-electron chi connectivity index (χ0n) is 17.6. The SMILES string of the molecule is CCNC(=O)[C@@H](C)NC(=O)CN1C(=O)N[C@](Cc2ccccc2)(c2ccccc2)C1=O. The molecular formula is C23H26N4O4. The number of hydrogen-bond acceptors (Lipinski definition) is 4. The van der Waals surface area contributed by atoms with E-state index in [1.54, 1.807) is 38.1 Å². The quantitative estimate of drug-likeness (QED) is 0.558. The van der Waals surface area contributed by atoms with E-state index in [0.29, 0.717) is 12.1 Å². The average molecular weight is 422 g/mol. The van der Waals surface area contributed by atoms with Crippen LogP contribution in [0.1, 0.15) is 25.0 Å². The highest BCUT2D eigenvalue weighted by atomic mass is 16.2. The smallest absolute Gasteiger partial charge is 0.325 e. The van der Waals surface area contributed by atoms with Gasteiger partial charge in [0.2, 0.25) is 11.8 Å². The maximum Gasteiger partial charge on any atom is 0.325 e. The van der Waals surface area contributed by atoms with Gasteiger partial charge in [0, 0.05) is 13.0 Å². The lowest BCUT2D eigenvalue weighted by atomic mass is 9.83. The molecule has 2 atom stereocenters. The highest BCUT2D eigenvalue weighted by Crippen LogP contribution is 2.32. The minimum absolute atomic E-state index is 0.246. The molecule has 0 aliphatic carbocycles. The van der Waals surface area contributed by atoms with E-state index in [-0.39, 0.29) is 12.3 Å². The first-order valence-corrected chi connectivity index (χ1v) is 10.2. The van der Waals surface area contributed by atoms with Gasteiger partial charge >= 0.3 is 6.03 Å². The number of rotatable bonds is 8. The summed E-state index contributed by atoms with van der Waals surface area (Å²) < 4.78 is 0. The van der Waals surface area contributed by atoms with E-state index in [1.165, 1.54) is 0 Å². The molecule has 0 bridgehead atoms. The Hall–Kier alpha value is -3.68. The van der Waals surface area contributed by atoms with E-state index in [1.807, 2.05) is 36.4 Å². The van der Waals surface area contributed by atoms with Crippen LogP contribution >= 0.6 is 0 Å². The summed E-state index contributed by atoms with van der Waals surface area (Å²) in [6, 6.07) is 16.9. The molecule has 1 fully saturated rings. The first kappa shape index (κ1) is 22.0. The molecule has 1 aliphatic heterocycles. The molecule has 0 aromatic heterocycles. The summed E-state index contributed by atoms with van der Waals surface area (Å²) in [5.41, 5.74) is 0.192. The van der Waals surface area contributed by atoms with Crippen LogP contribution < -0.4 is 16.0 Å². The van der Waals surface area contributed by atoms with Crippen LogP contribution in [-0.2, 0) is 26.3 Å². The van der Waals surface area contributed by atoms with Gasteiger partial charge in [-0.15, -0.1) is 0 Å². The number of nitrogens with one attached hydrogen (secondary N) is 3. The van der Waals surface area contributed by atoms with E-state index in [0.717, 1.165) is 10.5 Å². The van der Waals surface area contributed by atoms with E-state index >= 15 is 0 Å². The van der Waals surface area contributed by atoms with Gasteiger partial charge in [-0.2, -0.15) is 0 Å². The van der Waals surface area contributed by atoms with Crippen LogP contribution in [0.4, 0.5) is 4.79 Å². The predicted octanol–water partition coefficient (Wildman–Crippen LogP) is 1.32.